The summed E-state index contributed by atoms with van der Waals surface area (Å²) in [5.41, 5.74) is 0. The Balaban J connectivity index is 3.31. The van der Waals surface area contributed by atoms with E-state index in [1.54, 1.807) is 0 Å². The van der Waals surface area contributed by atoms with Crippen molar-refractivity contribution in [3.63, 3.8) is 0 Å². The highest BCUT2D eigenvalue weighted by molar-refractivity contribution is 4.58. The first kappa shape index (κ1) is 25.0. The normalized spacial score (nSPS) is 13.9. The average molecular weight is 355 g/mol. The van der Waals surface area contributed by atoms with E-state index in [-0.39, 0.29) is 0 Å². The standard InChI is InChI=1S/C24H50O/c1-5-7-9-11-13-15-17-19-21-23(3)25-24(4)22-20-18-16-14-12-10-8-6-2/h23-24H,5-22H2,1-4H3. The van der Waals surface area contributed by atoms with E-state index in [1.165, 1.54) is 116 Å². The van der Waals surface area contributed by atoms with Crippen molar-refractivity contribution >= 4 is 0 Å². The van der Waals surface area contributed by atoms with Gasteiger partial charge in [0.25, 0.3) is 0 Å². The molecule has 0 rings (SSSR count). The highest BCUT2D eigenvalue weighted by Crippen LogP contribution is 2.15. The van der Waals surface area contributed by atoms with Gasteiger partial charge >= 0.3 is 0 Å². The highest BCUT2D eigenvalue weighted by Gasteiger charge is 2.08. The molecule has 0 aromatic carbocycles. The quantitative estimate of drug-likeness (QED) is 0.198. The van der Waals surface area contributed by atoms with Crippen LogP contribution in [0.3, 0.4) is 0 Å². The molecular weight excluding hydrogens is 304 g/mol. The second-order valence-electron chi connectivity index (χ2n) is 8.28. The second-order valence-corrected chi connectivity index (χ2v) is 8.28. The summed E-state index contributed by atoms with van der Waals surface area (Å²) in [6, 6.07) is 0. The van der Waals surface area contributed by atoms with Gasteiger partial charge in [-0.05, 0) is 26.7 Å². The zero-order valence-electron chi connectivity index (χ0n) is 18.3. The Morgan fingerprint density at radius 3 is 1.04 bits per heavy atom. The molecule has 0 aliphatic rings. The molecule has 0 N–H and O–H groups in total. The van der Waals surface area contributed by atoms with Gasteiger partial charge in [0, 0.05) is 0 Å². The molecule has 152 valence electrons. The molecule has 2 atom stereocenters. The third-order valence-electron chi connectivity index (χ3n) is 5.39. The Morgan fingerprint density at radius 1 is 0.440 bits per heavy atom. The maximum Gasteiger partial charge on any atom is 0.0550 e. The minimum absolute atomic E-state index is 0.448. The molecule has 0 bridgehead atoms. The van der Waals surface area contributed by atoms with Crippen LogP contribution in [0, 0.1) is 0 Å². The molecule has 0 aliphatic carbocycles. The third-order valence-corrected chi connectivity index (χ3v) is 5.39. The van der Waals surface area contributed by atoms with Crippen molar-refractivity contribution in [3.05, 3.63) is 0 Å². The lowest BCUT2D eigenvalue weighted by Crippen LogP contribution is -2.17. The summed E-state index contributed by atoms with van der Waals surface area (Å²) in [7, 11) is 0. The predicted octanol–water partition coefficient (Wildman–Crippen LogP) is 8.84. The monoisotopic (exact) mass is 354 g/mol. The van der Waals surface area contributed by atoms with Gasteiger partial charge in [-0.1, -0.05) is 117 Å². The minimum Gasteiger partial charge on any atom is -0.376 e. The van der Waals surface area contributed by atoms with E-state index in [9.17, 15) is 0 Å². The topological polar surface area (TPSA) is 9.23 Å². The minimum atomic E-state index is 0.448. The van der Waals surface area contributed by atoms with Crippen molar-refractivity contribution < 1.29 is 4.74 Å². The van der Waals surface area contributed by atoms with Crippen LogP contribution in [0.5, 0.6) is 0 Å². The zero-order chi connectivity index (χ0) is 18.6. The summed E-state index contributed by atoms with van der Waals surface area (Å²) in [5, 5.41) is 0. The van der Waals surface area contributed by atoms with Crippen LogP contribution >= 0.6 is 0 Å². The molecular formula is C24H50O. The highest BCUT2D eigenvalue weighted by atomic mass is 16.5. The van der Waals surface area contributed by atoms with Crippen LogP contribution in [-0.2, 0) is 4.74 Å². The first-order valence-corrected chi connectivity index (χ1v) is 11.9. The van der Waals surface area contributed by atoms with Crippen LogP contribution in [0.1, 0.15) is 143 Å². The van der Waals surface area contributed by atoms with Crippen LogP contribution in [0.15, 0.2) is 0 Å². The summed E-state index contributed by atoms with van der Waals surface area (Å²) < 4.78 is 6.17. The molecule has 0 aliphatic heterocycles. The van der Waals surface area contributed by atoms with Crippen molar-refractivity contribution in [1.82, 2.24) is 0 Å². The molecule has 0 amide bonds. The molecule has 0 saturated heterocycles. The Bertz CT molecular complexity index is 214. The Hall–Kier alpha value is -0.0400. The molecule has 25 heavy (non-hydrogen) atoms. The maximum atomic E-state index is 6.17. The van der Waals surface area contributed by atoms with E-state index in [0.717, 1.165) is 0 Å². The van der Waals surface area contributed by atoms with Crippen LogP contribution in [0.25, 0.3) is 0 Å². The summed E-state index contributed by atoms with van der Waals surface area (Å²) in [4.78, 5) is 0. The van der Waals surface area contributed by atoms with Gasteiger partial charge in [0.2, 0.25) is 0 Å². The molecule has 0 aromatic rings. The number of unbranched alkanes of at least 4 members (excludes halogenated alkanes) is 14. The van der Waals surface area contributed by atoms with Crippen molar-refractivity contribution in [2.45, 2.75) is 155 Å². The van der Waals surface area contributed by atoms with E-state index in [2.05, 4.69) is 27.7 Å². The lowest BCUT2D eigenvalue weighted by molar-refractivity contribution is -0.00232. The SMILES string of the molecule is CCCCCCCCCCC(C)OC(C)CCCCCCCCCC. The predicted molar refractivity (Wildman–Crippen MR) is 114 cm³/mol. The van der Waals surface area contributed by atoms with E-state index in [0.29, 0.717) is 12.2 Å². The maximum absolute atomic E-state index is 6.17. The Labute approximate surface area is 160 Å². The van der Waals surface area contributed by atoms with Crippen molar-refractivity contribution in [2.24, 2.45) is 0 Å². The van der Waals surface area contributed by atoms with E-state index < -0.39 is 0 Å². The number of ether oxygens (including phenoxy) is 1. The van der Waals surface area contributed by atoms with Gasteiger partial charge in [-0.15, -0.1) is 0 Å². The van der Waals surface area contributed by atoms with Crippen LogP contribution < -0.4 is 0 Å². The summed E-state index contributed by atoms with van der Waals surface area (Å²) >= 11 is 0. The lowest BCUT2D eigenvalue weighted by atomic mass is 10.1. The van der Waals surface area contributed by atoms with Gasteiger partial charge < -0.3 is 4.74 Å². The molecule has 1 heteroatoms. The first-order valence-electron chi connectivity index (χ1n) is 11.9. The molecule has 0 fully saturated rings. The molecule has 0 saturated carbocycles. The van der Waals surface area contributed by atoms with Gasteiger partial charge in [-0.25, -0.2) is 0 Å². The largest absolute Gasteiger partial charge is 0.376 e. The molecule has 2 unspecified atom stereocenters. The molecule has 0 heterocycles. The van der Waals surface area contributed by atoms with Gasteiger partial charge in [0.1, 0.15) is 0 Å². The molecule has 1 nitrogen and oxygen atoms in total. The van der Waals surface area contributed by atoms with Gasteiger partial charge in [-0.2, -0.15) is 0 Å². The Morgan fingerprint density at radius 2 is 0.720 bits per heavy atom. The fourth-order valence-electron chi connectivity index (χ4n) is 3.66. The number of hydrogen-bond donors (Lipinski definition) is 0. The molecule has 0 spiro atoms. The number of hydrogen-bond acceptors (Lipinski definition) is 1. The van der Waals surface area contributed by atoms with Crippen LogP contribution in [0.4, 0.5) is 0 Å². The zero-order valence-corrected chi connectivity index (χ0v) is 18.3. The second kappa shape index (κ2) is 20.3. The van der Waals surface area contributed by atoms with E-state index in [1.807, 2.05) is 0 Å². The van der Waals surface area contributed by atoms with Gasteiger partial charge in [0.15, 0.2) is 0 Å². The fourth-order valence-corrected chi connectivity index (χ4v) is 3.66. The summed E-state index contributed by atoms with van der Waals surface area (Å²) in [6.45, 7) is 9.12. The first-order chi connectivity index (χ1) is 12.2. The molecule has 0 radical (unpaired) electrons. The smallest absolute Gasteiger partial charge is 0.0550 e. The van der Waals surface area contributed by atoms with Crippen LogP contribution in [0.2, 0.25) is 0 Å². The van der Waals surface area contributed by atoms with Crippen molar-refractivity contribution in [2.75, 3.05) is 0 Å². The van der Waals surface area contributed by atoms with Crippen molar-refractivity contribution in [1.29, 1.82) is 0 Å². The Kier molecular flexibility index (Phi) is 20.2. The van der Waals surface area contributed by atoms with E-state index >= 15 is 0 Å². The fraction of sp³-hybridized carbons (Fsp3) is 1.00. The summed E-state index contributed by atoms with van der Waals surface area (Å²) in [6.07, 6.45) is 25.9. The van der Waals surface area contributed by atoms with Gasteiger partial charge in [0.05, 0.1) is 12.2 Å². The third kappa shape index (κ3) is 20.1. The average Bonchev–Trinajstić information content (AvgIpc) is 2.59. The van der Waals surface area contributed by atoms with Crippen LogP contribution in [-0.4, -0.2) is 12.2 Å². The number of rotatable bonds is 20. The van der Waals surface area contributed by atoms with E-state index in [4.69, 9.17) is 4.74 Å². The van der Waals surface area contributed by atoms with Crippen molar-refractivity contribution in [3.8, 4) is 0 Å². The van der Waals surface area contributed by atoms with Gasteiger partial charge in [-0.3, -0.25) is 0 Å². The lowest BCUT2D eigenvalue weighted by Gasteiger charge is -2.19. The molecule has 0 aromatic heterocycles. The summed E-state index contributed by atoms with van der Waals surface area (Å²) in [5.74, 6) is 0.